The van der Waals surface area contributed by atoms with Gasteiger partial charge in [-0.2, -0.15) is 0 Å². The third-order valence-corrected chi connectivity index (χ3v) is 7.14. The summed E-state index contributed by atoms with van der Waals surface area (Å²) in [5, 5.41) is 2.53. The van der Waals surface area contributed by atoms with Crippen molar-refractivity contribution in [2.45, 2.75) is 52.0 Å². The fraction of sp³-hybridized carbons (Fsp3) is 0.462. The van der Waals surface area contributed by atoms with Crippen molar-refractivity contribution >= 4 is 28.2 Å². The van der Waals surface area contributed by atoms with E-state index in [0.29, 0.717) is 23.1 Å². The van der Waals surface area contributed by atoms with E-state index in [2.05, 4.69) is 18.7 Å². The Hall–Kier alpha value is -2.44. The van der Waals surface area contributed by atoms with Crippen LogP contribution >= 0.6 is 11.3 Å². The number of benzene rings is 1. The van der Waals surface area contributed by atoms with Crippen LogP contribution in [0.15, 0.2) is 51.0 Å². The number of nitrogens with zero attached hydrogens (tertiary/aromatic N) is 2. The summed E-state index contributed by atoms with van der Waals surface area (Å²) in [5.74, 6) is 0.0378. The van der Waals surface area contributed by atoms with Gasteiger partial charge in [0.25, 0.3) is 5.91 Å². The zero-order valence-electron chi connectivity index (χ0n) is 19.0. The molecular weight excluding hydrogens is 420 g/mol. The SMILES string of the molecule is CCCCN(CCCC)CCCN1C(=O)c2oc3ccccc3c(=O)c2C1c1cccs1. The molecule has 2 aromatic heterocycles. The molecule has 5 nitrogen and oxygen atoms in total. The largest absolute Gasteiger partial charge is 0.450 e. The predicted octanol–water partition coefficient (Wildman–Crippen LogP) is 5.69. The number of thiophene rings is 1. The Bertz CT molecular complexity index is 1100. The lowest BCUT2D eigenvalue weighted by Crippen LogP contribution is -2.34. The Morgan fingerprint density at radius 3 is 2.38 bits per heavy atom. The average molecular weight is 453 g/mol. The van der Waals surface area contributed by atoms with Gasteiger partial charge in [-0.25, -0.2) is 0 Å². The normalized spacial score (nSPS) is 15.8. The highest BCUT2D eigenvalue weighted by atomic mass is 32.1. The van der Waals surface area contributed by atoms with Gasteiger partial charge in [0.1, 0.15) is 5.58 Å². The first kappa shape index (κ1) is 22.7. The zero-order valence-corrected chi connectivity index (χ0v) is 19.8. The molecule has 1 amide bonds. The maximum atomic E-state index is 13.4. The summed E-state index contributed by atoms with van der Waals surface area (Å²) in [5.41, 5.74) is 0.871. The second-order valence-corrected chi connectivity index (χ2v) is 9.47. The second-order valence-electron chi connectivity index (χ2n) is 8.49. The summed E-state index contributed by atoms with van der Waals surface area (Å²) < 4.78 is 5.99. The van der Waals surface area contributed by atoms with Crippen molar-refractivity contribution in [2.75, 3.05) is 26.2 Å². The highest BCUT2D eigenvalue weighted by Crippen LogP contribution is 2.39. The number of carbonyl (C=O) groups excluding carboxylic acids is 1. The second kappa shape index (κ2) is 10.5. The number of unbranched alkanes of at least 4 members (excludes halogenated alkanes) is 2. The molecule has 4 rings (SSSR count). The van der Waals surface area contributed by atoms with Crippen molar-refractivity contribution in [2.24, 2.45) is 0 Å². The van der Waals surface area contributed by atoms with Crippen molar-refractivity contribution in [1.82, 2.24) is 9.80 Å². The maximum absolute atomic E-state index is 13.4. The van der Waals surface area contributed by atoms with Gasteiger partial charge < -0.3 is 14.2 Å². The molecule has 0 saturated heterocycles. The van der Waals surface area contributed by atoms with Crippen LogP contribution in [0.3, 0.4) is 0 Å². The van der Waals surface area contributed by atoms with E-state index in [0.717, 1.165) is 30.9 Å². The van der Waals surface area contributed by atoms with Crippen LogP contribution in [-0.2, 0) is 0 Å². The topological polar surface area (TPSA) is 53.8 Å². The van der Waals surface area contributed by atoms with E-state index in [1.807, 2.05) is 34.5 Å². The summed E-state index contributed by atoms with van der Waals surface area (Å²) in [4.78, 5) is 32.2. The van der Waals surface area contributed by atoms with Crippen LogP contribution in [0.4, 0.5) is 0 Å². The van der Waals surface area contributed by atoms with Gasteiger partial charge in [0.15, 0.2) is 5.43 Å². The number of para-hydroxylation sites is 1. The average Bonchev–Trinajstić information content (AvgIpc) is 3.43. The van der Waals surface area contributed by atoms with E-state index < -0.39 is 0 Å². The fourth-order valence-electron chi connectivity index (χ4n) is 4.50. The molecule has 0 spiro atoms. The van der Waals surface area contributed by atoms with Gasteiger partial charge in [-0.1, -0.05) is 44.9 Å². The molecule has 1 aliphatic heterocycles. The highest BCUT2D eigenvalue weighted by Gasteiger charge is 2.42. The van der Waals surface area contributed by atoms with Crippen LogP contribution in [0, 0.1) is 0 Å². The Morgan fingerprint density at radius 1 is 0.969 bits per heavy atom. The molecule has 0 bridgehead atoms. The minimum absolute atomic E-state index is 0.0939. The van der Waals surface area contributed by atoms with Crippen molar-refractivity contribution in [3.63, 3.8) is 0 Å². The minimum atomic E-state index is -0.363. The van der Waals surface area contributed by atoms with Gasteiger partial charge in [-0.3, -0.25) is 9.59 Å². The zero-order chi connectivity index (χ0) is 22.5. The van der Waals surface area contributed by atoms with Gasteiger partial charge in [0.2, 0.25) is 5.76 Å². The van der Waals surface area contributed by atoms with E-state index >= 15 is 0 Å². The molecule has 1 aliphatic rings. The van der Waals surface area contributed by atoms with Crippen molar-refractivity contribution in [3.05, 3.63) is 68.2 Å². The Balaban J connectivity index is 1.60. The Morgan fingerprint density at radius 2 is 1.69 bits per heavy atom. The van der Waals surface area contributed by atoms with Gasteiger partial charge >= 0.3 is 0 Å². The van der Waals surface area contributed by atoms with Crippen molar-refractivity contribution < 1.29 is 9.21 Å². The summed E-state index contributed by atoms with van der Waals surface area (Å²) >= 11 is 1.58. The van der Waals surface area contributed by atoms with Crippen LogP contribution < -0.4 is 5.43 Å². The third kappa shape index (κ3) is 4.52. The molecule has 1 atom stereocenters. The molecule has 3 aromatic rings. The number of hydrogen-bond donors (Lipinski definition) is 0. The van der Waals surface area contributed by atoms with Crippen LogP contribution in [0.5, 0.6) is 0 Å². The number of fused-ring (bicyclic) bond motifs is 2. The molecule has 170 valence electrons. The summed E-state index contributed by atoms with van der Waals surface area (Å²) in [6, 6.07) is 10.8. The van der Waals surface area contributed by atoms with E-state index in [9.17, 15) is 9.59 Å². The maximum Gasteiger partial charge on any atom is 0.290 e. The molecule has 0 N–H and O–H groups in total. The van der Waals surface area contributed by atoms with Gasteiger partial charge in [0, 0.05) is 11.4 Å². The lowest BCUT2D eigenvalue weighted by molar-refractivity contribution is 0.0721. The number of amides is 1. The highest BCUT2D eigenvalue weighted by molar-refractivity contribution is 7.10. The molecule has 3 heterocycles. The first-order valence-electron chi connectivity index (χ1n) is 11.8. The summed E-state index contributed by atoms with van der Waals surface area (Å²) in [7, 11) is 0. The van der Waals surface area contributed by atoms with Gasteiger partial charge in [-0.15, -0.1) is 11.3 Å². The number of rotatable bonds is 11. The first-order valence-corrected chi connectivity index (χ1v) is 12.7. The molecule has 1 unspecified atom stereocenters. The molecule has 0 saturated carbocycles. The van der Waals surface area contributed by atoms with E-state index in [-0.39, 0.29) is 23.1 Å². The van der Waals surface area contributed by atoms with Crippen LogP contribution in [0.2, 0.25) is 0 Å². The van der Waals surface area contributed by atoms with Gasteiger partial charge in [0.05, 0.1) is 17.0 Å². The van der Waals surface area contributed by atoms with E-state index in [1.165, 1.54) is 25.7 Å². The molecule has 6 heteroatoms. The summed E-state index contributed by atoms with van der Waals surface area (Å²) in [6.45, 7) is 8.21. The van der Waals surface area contributed by atoms with E-state index in [1.54, 1.807) is 23.5 Å². The first-order chi connectivity index (χ1) is 15.7. The lowest BCUT2D eigenvalue weighted by atomic mass is 10.0. The van der Waals surface area contributed by atoms with Crippen LogP contribution in [0.25, 0.3) is 11.0 Å². The minimum Gasteiger partial charge on any atom is -0.450 e. The molecule has 0 fully saturated rings. The van der Waals surface area contributed by atoms with Crippen LogP contribution in [0.1, 0.15) is 73.0 Å². The van der Waals surface area contributed by atoms with Crippen molar-refractivity contribution in [1.29, 1.82) is 0 Å². The standard InChI is InChI=1S/C26H32N2O3S/c1-3-5-14-27(15-6-4-2)16-10-17-28-23(21-13-9-18-32-21)22-24(29)19-11-7-8-12-20(19)31-25(22)26(28)30/h7-9,11-13,18,23H,3-6,10,14-17H2,1-2H3. The third-order valence-electron chi connectivity index (χ3n) is 6.22. The number of hydrogen-bond acceptors (Lipinski definition) is 5. The smallest absolute Gasteiger partial charge is 0.290 e. The lowest BCUT2D eigenvalue weighted by Gasteiger charge is -2.26. The molecule has 32 heavy (non-hydrogen) atoms. The van der Waals surface area contributed by atoms with Gasteiger partial charge in [-0.05, 0) is 62.5 Å². The van der Waals surface area contributed by atoms with Crippen molar-refractivity contribution in [3.8, 4) is 0 Å². The Labute approximate surface area is 193 Å². The molecule has 0 aliphatic carbocycles. The predicted molar refractivity (Wildman–Crippen MR) is 131 cm³/mol. The number of carbonyl (C=O) groups is 1. The fourth-order valence-corrected chi connectivity index (χ4v) is 5.35. The Kier molecular flexibility index (Phi) is 7.43. The van der Waals surface area contributed by atoms with E-state index in [4.69, 9.17) is 4.42 Å². The summed E-state index contributed by atoms with van der Waals surface area (Å²) in [6.07, 6.45) is 5.64. The monoisotopic (exact) mass is 452 g/mol. The van der Waals surface area contributed by atoms with Crippen LogP contribution in [-0.4, -0.2) is 41.9 Å². The quantitative estimate of drug-likeness (QED) is 0.375. The molecular formula is C26H32N2O3S. The molecule has 0 radical (unpaired) electrons. The molecule has 1 aromatic carbocycles.